The van der Waals surface area contributed by atoms with E-state index < -0.39 is 17.9 Å². The Balaban J connectivity index is 1.07. The molecule has 3 aromatic rings. The smallest absolute Gasteiger partial charge is 0.343 e. The molecule has 0 bridgehead atoms. The first kappa shape index (κ1) is 39.1. The maximum Gasteiger partial charge on any atom is 0.343 e. The van der Waals surface area contributed by atoms with Crippen LogP contribution in [0.15, 0.2) is 91.0 Å². The van der Waals surface area contributed by atoms with Crippen LogP contribution in [0.1, 0.15) is 39.1 Å². The fourth-order valence-electron chi connectivity index (χ4n) is 4.62. The first-order chi connectivity index (χ1) is 25.3. The molecule has 0 saturated heterocycles. The molecule has 52 heavy (non-hydrogen) atoms. The first-order valence-corrected chi connectivity index (χ1v) is 16.7. The van der Waals surface area contributed by atoms with Gasteiger partial charge in [-0.1, -0.05) is 42.5 Å². The second kappa shape index (κ2) is 21.5. The zero-order valence-corrected chi connectivity index (χ0v) is 28.5. The minimum absolute atomic E-state index is 0.0280. The van der Waals surface area contributed by atoms with E-state index in [4.69, 9.17) is 28.4 Å². The summed E-state index contributed by atoms with van der Waals surface area (Å²) in [5.41, 5.74) is 1.36. The molecule has 4 rings (SSSR count). The highest BCUT2D eigenvalue weighted by molar-refractivity contribution is 6.12. The lowest BCUT2D eigenvalue weighted by Gasteiger charge is -2.13. The van der Waals surface area contributed by atoms with E-state index in [2.05, 4.69) is 5.32 Å². The van der Waals surface area contributed by atoms with E-state index in [1.165, 1.54) is 18.2 Å². The van der Waals surface area contributed by atoms with Crippen molar-refractivity contribution >= 4 is 35.6 Å². The van der Waals surface area contributed by atoms with Gasteiger partial charge >= 0.3 is 17.9 Å². The number of benzene rings is 3. The molecule has 1 N–H and O–H groups in total. The summed E-state index contributed by atoms with van der Waals surface area (Å²) in [5, 5.41) is 2.75. The van der Waals surface area contributed by atoms with Gasteiger partial charge in [0.15, 0.2) is 11.5 Å². The molecule has 3 aromatic carbocycles. The molecule has 1 aliphatic heterocycles. The fraction of sp³-hybridized carbons (Fsp3) is 0.316. The van der Waals surface area contributed by atoms with Gasteiger partial charge in [-0.3, -0.25) is 24.1 Å². The predicted octanol–water partition coefficient (Wildman–Crippen LogP) is 3.08. The van der Waals surface area contributed by atoms with Crippen LogP contribution in [-0.2, 0) is 44.5 Å². The summed E-state index contributed by atoms with van der Waals surface area (Å²) in [4.78, 5) is 73.8. The highest BCUT2D eigenvalue weighted by Crippen LogP contribution is 2.30. The number of amides is 3. The van der Waals surface area contributed by atoms with Crippen LogP contribution in [0.3, 0.4) is 0 Å². The molecule has 0 spiro atoms. The molecule has 0 radical (unpaired) electrons. The summed E-state index contributed by atoms with van der Waals surface area (Å²) in [6, 6.07) is 21.6. The molecule has 0 saturated carbocycles. The Bertz CT molecular complexity index is 1680. The van der Waals surface area contributed by atoms with Gasteiger partial charge in [-0.05, 0) is 48.4 Å². The standard InChI is InChI=1S/C38H40N2O12/c41-33(13-16-36(44)50-26-25-49-24-23-48-22-21-47-20-19-40-34(42)14-15-35(40)43)39-18-17-28-11-12-31(51-37(45)29-7-3-1-4-8-29)32(27-28)52-38(46)30-9-5-2-6-10-30/h1-12,14-15,27H,13,16-26H2,(H,39,41). The number of nitrogens with one attached hydrogen (secondary N) is 1. The van der Waals surface area contributed by atoms with Gasteiger partial charge in [0.05, 0.1) is 63.7 Å². The van der Waals surface area contributed by atoms with Crippen LogP contribution in [0, 0.1) is 0 Å². The van der Waals surface area contributed by atoms with Crippen LogP contribution in [0.25, 0.3) is 0 Å². The minimum Gasteiger partial charge on any atom is -0.463 e. The Kier molecular flexibility index (Phi) is 16.2. The summed E-state index contributed by atoms with van der Waals surface area (Å²) in [5.74, 6) is -2.70. The van der Waals surface area contributed by atoms with E-state index in [0.29, 0.717) is 42.9 Å². The minimum atomic E-state index is -0.627. The van der Waals surface area contributed by atoms with E-state index in [-0.39, 0.29) is 81.6 Å². The summed E-state index contributed by atoms with van der Waals surface area (Å²) in [6.45, 7) is 2.02. The van der Waals surface area contributed by atoms with Crippen LogP contribution in [0.5, 0.6) is 11.5 Å². The lowest BCUT2D eigenvalue weighted by Crippen LogP contribution is -2.33. The summed E-state index contributed by atoms with van der Waals surface area (Å²) >= 11 is 0. The molecule has 0 fully saturated rings. The van der Waals surface area contributed by atoms with Crippen molar-refractivity contribution in [3.8, 4) is 11.5 Å². The molecule has 0 unspecified atom stereocenters. The molecule has 14 heteroatoms. The van der Waals surface area contributed by atoms with Gasteiger partial charge in [-0.2, -0.15) is 0 Å². The Morgan fingerprint density at radius 1 is 0.596 bits per heavy atom. The number of esters is 3. The van der Waals surface area contributed by atoms with E-state index in [1.807, 2.05) is 0 Å². The number of carbonyl (C=O) groups excluding carboxylic acids is 6. The largest absolute Gasteiger partial charge is 0.463 e. The summed E-state index contributed by atoms with van der Waals surface area (Å²) in [6.07, 6.45) is 2.65. The Morgan fingerprint density at radius 3 is 1.73 bits per heavy atom. The van der Waals surface area contributed by atoms with Crippen LogP contribution < -0.4 is 14.8 Å². The van der Waals surface area contributed by atoms with Gasteiger partial charge in [0.1, 0.15) is 6.61 Å². The van der Waals surface area contributed by atoms with Crippen LogP contribution in [0.2, 0.25) is 0 Å². The summed E-state index contributed by atoms with van der Waals surface area (Å²) in [7, 11) is 0. The molecule has 0 atom stereocenters. The average molecular weight is 717 g/mol. The maximum absolute atomic E-state index is 12.8. The molecular formula is C38H40N2O12. The monoisotopic (exact) mass is 716 g/mol. The highest BCUT2D eigenvalue weighted by atomic mass is 16.6. The van der Waals surface area contributed by atoms with Crippen molar-refractivity contribution < 1.29 is 57.2 Å². The average Bonchev–Trinajstić information content (AvgIpc) is 3.48. The topological polar surface area (TPSA) is 173 Å². The molecule has 1 aliphatic rings. The number of rotatable bonds is 22. The number of hydrogen-bond acceptors (Lipinski definition) is 12. The predicted molar refractivity (Wildman–Crippen MR) is 184 cm³/mol. The number of nitrogens with zero attached hydrogens (tertiary/aromatic N) is 1. The van der Waals surface area contributed by atoms with Crippen LogP contribution in [-0.4, -0.2) is 99.9 Å². The van der Waals surface area contributed by atoms with Crippen molar-refractivity contribution in [1.82, 2.24) is 10.2 Å². The zero-order chi connectivity index (χ0) is 37.0. The van der Waals surface area contributed by atoms with Crippen molar-refractivity contribution in [2.75, 3.05) is 59.3 Å². The number of carbonyl (C=O) groups is 6. The first-order valence-electron chi connectivity index (χ1n) is 16.7. The van der Waals surface area contributed by atoms with Gasteiger partial charge in [0.2, 0.25) is 5.91 Å². The van der Waals surface area contributed by atoms with E-state index in [1.54, 1.807) is 72.8 Å². The number of imide groups is 1. The van der Waals surface area contributed by atoms with Gasteiger partial charge in [0.25, 0.3) is 11.8 Å². The third-order valence-electron chi connectivity index (χ3n) is 7.32. The lowest BCUT2D eigenvalue weighted by molar-refractivity contribution is -0.146. The normalized spacial score (nSPS) is 12.1. The second-order valence-corrected chi connectivity index (χ2v) is 11.1. The molecule has 0 aromatic heterocycles. The number of ether oxygens (including phenoxy) is 6. The van der Waals surface area contributed by atoms with Gasteiger partial charge in [-0.25, -0.2) is 9.59 Å². The maximum atomic E-state index is 12.8. The third-order valence-corrected chi connectivity index (χ3v) is 7.32. The SMILES string of the molecule is O=C(CCC(=O)OCCOCCOCCOCCN1C(=O)C=CC1=O)NCCc1ccc(OC(=O)c2ccccc2)c(OC(=O)c2ccccc2)c1. The van der Waals surface area contributed by atoms with Gasteiger partial charge in [-0.15, -0.1) is 0 Å². The van der Waals surface area contributed by atoms with Crippen molar-refractivity contribution in [2.45, 2.75) is 19.3 Å². The fourth-order valence-corrected chi connectivity index (χ4v) is 4.62. The molecular weight excluding hydrogens is 676 g/mol. The molecule has 3 amide bonds. The Hall–Kier alpha value is -5.70. The van der Waals surface area contributed by atoms with Gasteiger partial charge in [0, 0.05) is 25.1 Å². The van der Waals surface area contributed by atoms with E-state index >= 15 is 0 Å². The molecule has 0 aliphatic carbocycles. The van der Waals surface area contributed by atoms with Crippen LogP contribution in [0.4, 0.5) is 0 Å². The molecule has 274 valence electrons. The van der Waals surface area contributed by atoms with Crippen molar-refractivity contribution in [2.24, 2.45) is 0 Å². The second-order valence-electron chi connectivity index (χ2n) is 11.1. The van der Waals surface area contributed by atoms with E-state index in [9.17, 15) is 28.8 Å². The summed E-state index contributed by atoms with van der Waals surface area (Å²) < 4.78 is 32.3. The van der Waals surface area contributed by atoms with E-state index in [0.717, 1.165) is 4.90 Å². The van der Waals surface area contributed by atoms with Crippen molar-refractivity contribution in [1.29, 1.82) is 0 Å². The van der Waals surface area contributed by atoms with Gasteiger partial charge < -0.3 is 33.7 Å². The third kappa shape index (κ3) is 13.5. The van der Waals surface area contributed by atoms with Crippen molar-refractivity contribution in [3.05, 3.63) is 108 Å². The lowest BCUT2D eigenvalue weighted by atomic mass is 10.1. The molecule has 14 nitrogen and oxygen atoms in total. The zero-order valence-electron chi connectivity index (χ0n) is 28.5. The van der Waals surface area contributed by atoms with Crippen LogP contribution >= 0.6 is 0 Å². The Morgan fingerprint density at radius 2 is 1.13 bits per heavy atom. The quantitative estimate of drug-likeness (QED) is 0.0698. The Labute approximate surface area is 300 Å². The number of hydrogen-bond donors (Lipinski definition) is 1. The molecule has 1 heterocycles. The highest BCUT2D eigenvalue weighted by Gasteiger charge is 2.22. The van der Waals surface area contributed by atoms with Crippen molar-refractivity contribution in [3.63, 3.8) is 0 Å².